The lowest BCUT2D eigenvalue weighted by atomic mass is 10.0. The highest BCUT2D eigenvalue weighted by atomic mass is 16.5. The van der Waals surface area contributed by atoms with E-state index in [1.807, 2.05) is 48.5 Å². The molecule has 162 valence electrons. The summed E-state index contributed by atoms with van der Waals surface area (Å²) in [4.78, 5) is 0. The first-order valence-corrected chi connectivity index (χ1v) is 10.7. The minimum absolute atomic E-state index is 0.0940. The van der Waals surface area contributed by atoms with Gasteiger partial charge in [0.25, 0.3) is 0 Å². The van der Waals surface area contributed by atoms with Crippen LogP contribution in [0.4, 0.5) is 0 Å². The molecule has 0 bridgehead atoms. The minimum Gasteiger partial charge on any atom is -0.508 e. The first kappa shape index (κ1) is 21.3. The zero-order chi connectivity index (χ0) is 22.3. The van der Waals surface area contributed by atoms with Crippen molar-refractivity contribution in [1.29, 1.82) is 0 Å². The maximum atomic E-state index is 9.66. The highest BCUT2D eigenvalue weighted by Gasteiger charge is 2.05. The Balaban J connectivity index is 1.37. The van der Waals surface area contributed by atoms with Gasteiger partial charge in [0.1, 0.15) is 17.2 Å². The van der Waals surface area contributed by atoms with E-state index in [4.69, 9.17) is 4.74 Å². The molecule has 0 saturated heterocycles. The molecule has 0 saturated carbocycles. The standard InChI is InChI=1S/C28H26O4/c29-24-7-1-4-20(16-24)10-11-21-5-2-8-25(17-21)32-26-9-3-6-22(18-26)12-13-23-14-15-27(30)28(31)19-23/h1-9,14-19,29-31H,10-13H2. The number of hydrogen-bond donors (Lipinski definition) is 3. The Labute approximate surface area is 188 Å². The van der Waals surface area contributed by atoms with Gasteiger partial charge < -0.3 is 20.1 Å². The first-order chi connectivity index (χ1) is 15.5. The smallest absolute Gasteiger partial charge is 0.157 e. The molecule has 3 N–H and O–H groups in total. The van der Waals surface area contributed by atoms with Crippen molar-refractivity contribution in [2.45, 2.75) is 25.7 Å². The number of ether oxygens (including phenoxy) is 1. The van der Waals surface area contributed by atoms with E-state index in [1.165, 1.54) is 11.6 Å². The van der Waals surface area contributed by atoms with E-state index in [1.54, 1.807) is 18.2 Å². The van der Waals surface area contributed by atoms with Crippen LogP contribution in [0, 0.1) is 0 Å². The van der Waals surface area contributed by atoms with Gasteiger partial charge in [-0.15, -0.1) is 0 Å². The van der Waals surface area contributed by atoms with Crippen molar-refractivity contribution >= 4 is 0 Å². The van der Waals surface area contributed by atoms with Gasteiger partial charge in [0, 0.05) is 0 Å². The molecule has 0 radical (unpaired) electrons. The number of hydrogen-bond acceptors (Lipinski definition) is 4. The summed E-state index contributed by atoms with van der Waals surface area (Å²) in [5.41, 5.74) is 4.38. The summed E-state index contributed by atoms with van der Waals surface area (Å²) in [5.74, 6) is 1.67. The van der Waals surface area contributed by atoms with Crippen LogP contribution in [-0.2, 0) is 25.7 Å². The Hall–Kier alpha value is -3.92. The third-order valence-corrected chi connectivity index (χ3v) is 5.39. The van der Waals surface area contributed by atoms with Gasteiger partial charge in [-0.25, -0.2) is 0 Å². The van der Waals surface area contributed by atoms with Crippen LogP contribution in [0.2, 0.25) is 0 Å². The number of aryl methyl sites for hydroxylation is 4. The fourth-order valence-corrected chi connectivity index (χ4v) is 3.68. The van der Waals surface area contributed by atoms with Crippen LogP contribution in [0.5, 0.6) is 28.7 Å². The van der Waals surface area contributed by atoms with Crippen molar-refractivity contribution in [1.82, 2.24) is 0 Å². The summed E-state index contributed by atoms with van der Waals surface area (Å²) < 4.78 is 6.10. The van der Waals surface area contributed by atoms with Crippen LogP contribution in [0.1, 0.15) is 22.3 Å². The maximum absolute atomic E-state index is 9.66. The molecule has 4 heteroatoms. The first-order valence-electron chi connectivity index (χ1n) is 10.7. The van der Waals surface area contributed by atoms with Gasteiger partial charge in [0.2, 0.25) is 0 Å². The van der Waals surface area contributed by atoms with Crippen molar-refractivity contribution in [3.8, 4) is 28.7 Å². The Morgan fingerprint density at radius 1 is 0.469 bits per heavy atom. The number of aromatic hydroxyl groups is 3. The molecule has 0 aromatic heterocycles. The van der Waals surface area contributed by atoms with E-state index >= 15 is 0 Å². The quantitative estimate of drug-likeness (QED) is 0.295. The molecular weight excluding hydrogens is 400 g/mol. The normalized spacial score (nSPS) is 10.8. The molecule has 0 heterocycles. The van der Waals surface area contributed by atoms with E-state index in [-0.39, 0.29) is 11.5 Å². The molecule has 0 fully saturated rings. The van der Waals surface area contributed by atoms with Crippen molar-refractivity contribution in [2.75, 3.05) is 0 Å². The molecule has 32 heavy (non-hydrogen) atoms. The molecule has 4 aromatic carbocycles. The lowest BCUT2D eigenvalue weighted by Crippen LogP contribution is -1.94. The topological polar surface area (TPSA) is 69.9 Å². The number of rotatable bonds is 8. The van der Waals surface area contributed by atoms with Crippen LogP contribution in [0.3, 0.4) is 0 Å². The summed E-state index contributed by atoms with van der Waals surface area (Å²) in [6.45, 7) is 0. The molecular formula is C28H26O4. The van der Waals surface area contributed by atoms with E-state index in [0.717, 1.165) is 53.9 Å². The van der Waals surface area contributed by atoms with Crippen LogP contribution < -0.4 is 4.74 Å². The zero-order valence-corrected chi connectivity index (χ0v) is 17.7. The Morgan fingerprint density at radius 2 is 0.969 bits per heavy atom. The number of phenols is 3. The van der Waals surface area contributed by atoms with Crippen LogP contribution in [-0.4, -0.2) is 15.3 Å². The predicted octanol–water partition coefficient (Wildman–Crippen LogP) is 6.17. The van der Waals surface area contributed by atoms with Gasteiger partial charge in [-0.1, -0.05) is 42.5 Å². The molecule has 0 unspecified atom stereocenters. The summed E-state index contributed by atoms with van der Waals surface area (Å²) in [5, 5.41) is 28.7. The fraction of sp³-hybridized carbons (Fsp3) is 0.143. The molecule has 4 aromatic rings. The van der Waals surface area contributed by atoms with Gasteiger partial charge in [-0.05, 0) is 96.5 Å². The van der Waals surface area contributed by atoms with Crippen LogP contribution in [0.15, 0.2) is 91.0 Å². The van der Waals surface area contributed by atoms with Gasteiger partial charge >= 0.3 is 0 Å². The Kier molecular flexibility index (Phi) is 6.61. The van der Waals surface area contributed by atoms with Crippen molar-refractivity contribution in [3.63, 3.8) is 0 Å². The molecule has 0 aliphatic heterocycles. The summed E-state index contributed by atoms with van der Waals surface area (Å²) in [6.07, 6.45) is 3.26. The van der Waals surface area contributed by atoms with E-state index < -0.39 is 0 Å². The third kappa shape index (κ3) is 5.82. The molecule has 4 nitrogen and oxygen atoms in total. The molecule has 0 aliphatic carbocycles. The zero-order valence-electron chi connectivity index (χ0n) is 17.7. The second-order valence-corrected chi connectivity index (χ2v) is 7.89. The highest BCUT2D eigenvalue weighted by Crippen LogP contribution is 2.27. The van der Waals surface area contributed by atoms with Gasteiger partial charge in [-0.3, -0.25) is 0 Å². The molecule has 4 rings (SSSR count). The molecule has 0 aliphatic rings. The Bertz CT molecular complexity index is 1200. The monoisotopic (exact) mass is 426 g/mol. The molecule has 0 atom stereocenters. The second kappa shape index (κ2) is 9.92. The lowest BCUT2D eigenvalue weighted by Gasteiger charge is -2.10. The SMILES string of the molecule is Oc1cccc(CCc2cccc(Oc3cccc(CCc4ccc(O)c(O)c4)c3)c2)c1. The fourth-order valence-electron chi connectivity index (χ4n) is 3.68. The number of phenolic OH excluding ortho intramolecular Hbond substituents is 3. The lowest BCUT2D eigenvalue weighted by molar-refractivity contribution is 0.403. The summed E-state index contributed by atoms with van der Waals surface area (Å²) >= 11 is 0. The highest BCUT2D eigenvalue weighted by molar-refractivity contribution is 5.41. The second-order valence-electron chi connectivity index (χ2n) is 7.89. The van der Waals surface area contributed by atoms with Crippen LogP contribution >= 0.6 is 0 Å². The molecule has 0 spiro atoms. The van der Waals surface area contributed by atoms with Crippen molar-refractivity contribution in [3.05, 3.63) is 113 Å². The van der Waals surface area contributed by atoms with E-state index in [9.17, 15) is 15.3 Å². The van der Waals surface area contributed by atoms with E-state index in [2.05, 4.69) is 18.2 Å². The number of benzene rings is 4. The maximum Gasteiger partial charge on any atom is 0.157 e. The van der Waals surface area contributed by atoms with Crippen LogP contribution in [0.25, 0.3) is 0 Å². The summed E-state index contributed by atoms with van der Waals surface area (Å²) in [6, 6.07) is 28.4. The molecule has 0 amide bonds. The Morgan fingerprint density at radius 3 is 1.50 bits per heavy atom. The van der Waals surface area contributed by atoms with Crippen molar-refractivity contribution < 1.29 is 20.1 Å². The average Bonchev–Trinajstić information content (AvgIpc) is 2.79. The average molecular weight is 427 g/mol. The third-order valence-electron chi connectivity index (χ3n) is 5.39. The van der Waals surface area contributed by atoms with E-state index in [0.29, 0.717) is 5.75 Å². The summed E-state index contributed by atoms with van der Waals surface area (Å²) in [7, 11) is 0. The van der Waals surface area contributed by atoms with Crippen molar-refractivity contribution in [2.24, 2.45) is 0 Å². The largest absolute Gasteiger partial charge is 0.508 e. The minimum atomic E-state index is -0.103. The van der Waals surface area contributed by atoms with Gasteiger partial charge in [0.05, 0.1) is 0 Å². The predicted molar refractivity (Wildman–Crippen MR) is 126 cm³/mol. The van der Waals surface area contributed by atoms with Gasteiger partial charge in [-0.2, -0.15) is 0 Å². The van der Waals surface area contributed by atoms with Gasteiger partial charge in [0.15, 0.2) is 11.5 Å².